The molecule has 2 aliphatic heterocycles. The number of hydrogen-bond donors (Lipinski definition) is 6. The summed E-state index contributed by atoms with van der Waals surface area (Å²) in [5.41, 5.74) is -1.07. The van der Waals surface area contributed by atoms with Crippen LogP contribution in [0.1, 0.15) is 32.1 Å². The van der Waals surface area contributed by atoms with Gasteiger partial charge in [-0.15, -0.1) is 0 Å². The smallest absolute Gasteiger partial charge is 0.333 e. The lowest BCUT2D eigenvalue weighted by atomic mass is 10.0. The van der Waals surface area contributed by atoms with Gasteiger partial charge in [-0.05, 0) is 75.2 Å². The number of halogens is 2. The van der Waals surface area contributed by atoms with Gasteiger partial charge in [0.15, 0.2) is 6.10 Å². The number of amides is 4. The Balaban J connectivity index is 0.000000574. The molecule has 1 saturated carbocycles. The molecule has 1 aliphatic carbocycles. The van der Waals surface area contributed by atoms with E-state index >= 15 is 4.39 Å². The fourth-order valence-corrected chi connectivity index (χ4v) is 6.11. The van der Waals surface area contributed by atoms with Gasteiger partial charge >= 0.3 is 18.0 Å². The van der Waals surface area contributed by atoms with E-state index in [9.17, 15) is 28.4 Å². The van der Waals surface area contributed by atoms with E-state index in [1.54, 1.807) is 17.0 Å². The fraction of sp³-hybridized carbons (Fsp3) is 0.405. The lowest BCUT2D eigenvalue weighted by Gasteiger charge is -2.42. The van der Waals surface area contributed by atoms with Crippen molar-refractivity contribution in [3.05, 3.63) is 72.4 Å². The number of aliphatic carboxylic acids is 2. The number of carboxylic acid groups (broad SMARTS) is 2. The summed E-state index contributed by atoms with van der Waals surface area (Å²) in [5, 5.41) is 32.1. The highest BCUT2D eigenvalue weighted by Crippen LogP contribution is 2.47. The van der Waals surface area contributed by atoms with Crippen molar-refractivity contribution in [1.29, 1.82) is 0 Å². The lowest BCUT2D eigenvalue weighted by Crippen LogP contribution is -2.53. The third kappa shape index (κ3) is 11.2. The number of carboxylic acids is 2. The van der Waals surface area contributed by atoms with Crippen molar-refractivity contribution in [2.45, 2.75) is 44.2 Å². The molecule has 1 aromatic heterocycles. The normalized spacial score (nSPS) is 17.5. The Morgan fingerprint density at radius 3 is 2.07 bits per heavy atom. The van der Waals surface area contributed by atoms with Gasteiger partial charge in [0.2, 0.25) is 11.8 Å². The number of piperidine rings is 1. The van der Waals surface area contributed by atoms with Crippen LogP contribution in [0, 0.1) is 17.0 Å². The van der Waals surface area contributed by atoms with Crippen LogP contribution in [-0.2, 0) is 19.2 Å². The SMILES string of the molecule is CN1CCN(C2CCN(C(=O)Nc3cc(Oc4ccc(NC(=O)C5(C(=O)Nc6ccc(F)cc6)CC5)c(F)c4)ccn3)CC2)CC1.O=C(O)CC(O)C(=O)O. The van der Waals surface area contributed by atoms with Gasteiger partial charge < -0.3 is 40.5 Å². The minimum absolute atomic E-state index is 0.0997. The number of hydrogen-bond acceptors (Lipinski definition) is 10. The summed E-state index contributed by atoms with van der Waals surface area (Å²) in [6, 6.07) is 12.6. The minimum Gasteiger partial charge on any atom is -0.481 e. The van der Waals surface area contributed by atoms with Crippen molar-refractivity contribution in [2.75, 3.05) is 62.3 Å². The number of nitrogens with zero attached hydrogens (tertiary/aromatic N) is 4. The van der Waals surface area contributed by atoms with Gasteiger partial charge in [0.1, 0.15) is 34.4 Å². The molecule has 2 aromatic carbocycles. The van der Waals surface area contributed by atoms with Crippen LogP contribution in [-0.4, -0.2) is 123 Å². The summed E-state index contributed by atoms with van der Waals surface area (Å²) in [7, 11) is 2.14. The summed E-state index contributed by atoms with van der Waals surface area (Å²) in [5.74, 6) is -4.39. The van der Waals surface area contributed by atoms with E-state index in [0.717, 1.165) is 45.1 Å². The average molecular weight is 768 g/mol. The second-order valence-corrected chi connectivity index (χ2v) is 13.6. The third-order valence-electron chi connectivity index (χ3n) is 9.57. The van der Waals surface area contributed by atoms with Crippen molar-refractivity contribution in [2.24, 2.45) is 5.41 Å². The van der Waals surface area contributed by atoms with Crippen LogP contribution in [0.2, 0.25) is 0 Å². The highest BCUT2D eigenvalue weighted by Gasteiger charge is 2.56. The number of pyridine rings is 1. The Labute approximate surface area is 315 Å². The summed E-state index contributed by atoms with van der Waals surface area (Å²) >= 11 is 0. The van der Waals surface area contributed by atoms with Gasteiger partial charge in [-0.3, -0.25) is 24.6 Å². The first kappa shape index (κ1) is 40.5. The van der Waals surface area contributed by atoms with Crippen LogP contribution in [0.25, 0.3) is 0 Å². The van der Waals surface area contributed by atoms with E-state index in [4.69, 9.17) is 20.1 Å². The number of aromatic nitrogens is 1. The molecule has 3 heterocycles. The lowest BCUT2D eigenvalue weighted by molar-refractivity contribution is -0.152. The van der Waals surface area contributed by atoms with E-state index < -0.39 is 53.3 Å². The summed E-state index contributed by atoms with van der Waals surface area (Å²) in [6.07, 6.45) is 1.42. The number of carbonyl (C=O) groups excluding carboxylic acids is 3. The molecule has 1 unspecified atom stereocenters. The number of aliphatic hydroxyl groups is 1. The number of nitrogens with one attached hydrogen (secondary N) is 3. The number of aliphatic hydroxyl groups excluding tert-OH is 1. The van der Waals surface area contributed by atoms with Gasteiger partial charge in [0.05, 0.1) is 12.1 Å². The maximum Gasteiger partial charge on any atom is 0.333 e. The van der Waals surface area contributed by atoms with Crippen LogP contribution in [0.4, 0.5) is 30.8 Å². The average Bonchev–Trinajstić information content (AvgIpc) is 3.97. The molecule has 3 aliphatic rings. The van der Waals surface area contributed by atoms with E-state index in [-0.39, 0.29) is 17.5 Å². The van der Waals surface area contributed by atoms with Gasteiger partial charge in [-0.2, -0.15) is 0 Å². The fourth-order valence-electron chi connectivity index (χ4n) is 6.11. The van der Waals surface area contributed by atoms with Crippen molar-refractivity contribution in [1.82, 2.24) is 19.7 Å². The first-order chi connectivity index (χ1) is 26.2. The number of likely N-dealkylation sites (tertiary alicyclic amines) is 1. The second-order valence-electron chi connectivity index (χ2n) is 13.6. The summed E-state index contributed by atoms with van der Waals surface area (Å²) in [4.78, 5) is 69.0. The van der Waals surface area contributed by atoms with Crippen LogP contribution in [0.5, 0.6) is 11.5 Å². The molecule has 3 aromatic rings. The van der Waals surface area contributed by atoms with E-state index in [1.807, 2.05) is 0 Å². The van der Waals surface area contributed by atoms with Crippen molar-refractivity contribution in [3.63, 3.8) is 0 Å². The number of piperazine rings is 1. The second kappa shape index (κ2) is 18.1. The minimum atomic E-state index is -1.79. The molecule has 0 spiro atoms. The van der Waals surface area contributed by atoms with Crippen LogP contribution >= 0.6 is 0 Å². The number of carbonyl (C=O) groups is 5. The van der Waals surface area contributed by atoms with E-state index in [2.05, 4.69) is 37.8 Å². The Kier molecular flexibility index (Phi) is 13.3. The largest absolute Gasteiger partial charge is 0.481 e. The molecule has 6 N–H and O–H groups in total. The summed E-state index contributed by atoms with van der Waals surface area (Å²) < 4.78 is 34.0. The Hall–Kier alpha value is -5.72. The van der Waals surface area contributed by atoms with Gasteiger partial charge in [0.25, 0.3) is 0 Å². The molecule has 0 radical (unpaired) electrons. The predicted molar refractivity (Wildman–Crippen MR) is 195 cm³/mol. The van der Waals surface area contributed by atoms with Crippen molar-refractivity contribution >= 4 is 47.0 Å². The molecule has 55 heavy (non-hydrogen) atoms. The Bertz CT molecular complexity index is 1860. The molecule has 4 amide bonds. The van der Waals surface area contributed by atoms with Gasteiger partial charge in [0, 0.05) is 69.3 Å². The molecule has 1 atom stereocenters. The maximum atomic E-state index is 15.0. The van der Waals surface area contributed by atoms with Crippen LogP contribution in [0.3, 0.4) is 0 Å². The van der Waals surface area contributed by atoms with Crippen molar-refractivity contribution < 1.29 is 52.8 Å². The molecule has 16 nitrogen and oxygen atoms in total. The van der Waals surface area contributed by atoms with E-state index in [0.29, 0.717) is 49.2 Å². The molecule has 2 saturated heterocycles. The zero-order chi connectivity index (χ0) is 39.7. The van der Waals surface area contributed by atoms with Crippen LogP contribution in [0.15, 0.2) is 60.8 Å². The number of likely N-dealkylation sites (N-methyl/N-ethyl adjacent to an activating group) is 1. The first-order valence-electron chi connectivity index (χ1n) is 17.7. The molecule has 3 fully saturated rings. The number of benzene rings is 2. The van der Waals surface area contributed by atoms with Crippen molar-refractivity contribution in [3.8, 4) is 11.5 Å². The molecule has 6 rings (SSSR count). The predicted octanol–water partition coefficient (Wildman–Crippen LogP) is 3.66. The number of ether oxygens (including phenoxy) is 1. The monoisotopic (exact) mass is 767 g/mol. The molecular formula is C37H43F2N7O9. The van der Waals surface area contributed by atoms with E-state index in [1.165, 1.54) is 42.6 Å². The Morgan fingerprint density at radius 2 is 1.49 bits per heavy atom. The van der Waals surface area contributed by atoms with Gasteiger partial charge in [-0.1, -0.05) is 0 Å². The number of rotatable bonds is 11. The quantitative estimate of drug-likeness (QED) is 0.154. The summed E-state index contributed by atoms with van der Waals surface area (Å²) in [6.45, 7) is 5.60. The highest BCUT2D eigenvalue weighted by molar-refractivity contribution is 6.17. The molecule has 294 valence electrons. The standard InChI is InChI=1S/C33H37F2N7O4.C4H6O5/c1-40-16-18-41(19-17-40)24-9-14-42(15-10-24)32(45)39-29-21-26(8-13-36-29)46-25-6-7-28(27(35)20-25)38-31(44)33(11-12-33)30(43)37-23-4-2-22(34)3-5-23;5-2(4(8)9)1-3(6)7/h2-8,13,20-21,24H,9-12,14-19H2,1H3,(H,37,43)(H,38,44)(H,36,39,45);2,5H,1H2,(H,6,7)(H,8,9). The van der Waals surface area contributed by atoms with Crippen LogP contribution < -0.4 is 20.7 Å². The topological polar surface area (TPSA) is 214 Å². The highest BCUT2D eigenvalue weighted by atomic mass is 19.1. The third-order valence-corrected chi connectivity index (χ3v) is 9.57. The number of urea groups is 1. The number of anilines is 3. The van der Waals surface area contributed by atoms with Gasteiger partial charge in [-0.25, -0.2) is 23.4 Å². The molecular weight excluding hydrogens is 724 g/mol. The first-order valence-corrected chi connectivity index (χ1v) is 17.7. The maximum absolute atomic E-state index is 15.0. The molecule has 0 bridgehead atoms. The Morgan fingerprint density at radius 1 is 0.855 bits per heavy atom. The zero-order valence-corrected chi connectivity index (χ0v) is 30.0. The molecule has 18 heteroatoms. The zero-order valence-electron chi connectivity index (χ0n) is 30.0.